The molecule has 1 unspecified atom stereocenters. The Balaban J connectivity index is 1.75. The Morgan fingerprint density at radius 1 is 1.27 bits per heavy atom. The zero-order chi connectivity index (χ0) is 18.3. The van der Waals surface area contributed by atoms with E-state index in [-0.39, 0.29) is 11.5 Å². The Morgan fingerprint density at radius 3 is 2.85 bits per heavy atom. The first kappa shape index (κ1) is 17.4. The summed E-state index contributed by atoms with van der Waals surface area (Å²) in [7, 11) is 0.986. The molecule has 0 radical (unpaired) electrons. The van der Waals surface area contributed by atoms with Crippen LogP contribution < -0.4 is 9.47 Å². The van der Waals surface area contributed by atoms with Gasteiger partial charge in [-0.15, -0.1) is 0 Å². The van der Waals surface area contributed by atoms with Crippen LogP contribution in [-0.2, 0) is 11.1 Å². The highest BCUT2D eigenvalue weighted by molar-refractivity contribution is 6.43. The summed E-state index contributed by atoms with van der Waals surface area (Å²) < 4.78 is 17.1. The molecule has 6 heteroatoms. The number of pyridine rings is 1. The molecule has 136 valence electrons. The monoisotopic (exact) mass is 353 g/mol. The largest absolute Gasteiger partial charge is 0.493 e. The fourth-order valence-electron chi connectivity index (χ4n) is 3.76. The average Bonchev–Trinajstić information content (AvgIpc) is 3.06. The highest BCUT2D eigenvalue weighted by Gasteiger charge is 2.32. The van der Waals surface area contributed by atoms with Gasteiger partial charge in [-0.1, -0.05) is 6.07 Å². The van der Waals surface area contributed by atoms with Crippen LogP contribution in [0.25, 0.3) is 11.3 Å². The minimum atomic E-state index is -0.685. The van der Waals surface area contributed by atoms with Gasteiger partial charge in [-0.2, -0.15) is 0 Å². The van der Waals surface area contributed by atoms with Crippen molar-refractivity contribution in [1.82, 2.24) is 4.98 Å². The minimum absolute atomic E-state index is 0.134. The molecule has 1 fully saturated rings. The van der Waals surface area contributed by atoms with Crippen LogP contribution in [0.1, 0.15) is 37.4 Å². The highest BCUT2D eigenvalue weighted by atomic mass is 16.5. The summed E-state index contributed by atoms with van der Waals surface area (Å²) in [5.74, 6) is 1.72. The molecule has 2 aliphatic rings. The van der Waals surface area contributed by atoms with Gasteiger partial charge in [-0.3, -0.25) is 4.98 Å². The van der Waals surface area contributed by atoms with Gasteiger partial charge in [0.25, 0.3) is 0 Å². The molecule has 2 aromatic rings. The van der Waals surface area contributed by atoms with Gasteiger partial charge in [0.2, 0.25) is 0 Å². The van der Waals surface area contributed by atoms with Gasteiger partial charge in [0.1, 0.15) is 5.60 Å². The summed E-state index contributed by atoms with van der Waals surface area (Å²) in [6, 6.07) is 10.1. The van der Waals surface area contributed by atoms with Gasteiger partial charge in [0.05, 0.1) is 12.8 Å². The summed E-state index contributed by atoms with van der Waals surface area (Å²) in [6.07, 6.45) is 2.46. The van der Waals surface area contributed by atoms with Crippen molar-refractivity contribution < 1.29 is 19.2 Å². The number of hydrogen-bond acceptors (Lipinski definition) is 5. The molecule has 1 aromatic heterocycles. The van der Waals surface area contributed by atoms with Crippen molar-refractivity contribution in [2.75, 3.05) is 13.7 Å². The van der Waals surface area contributed by atoms with E-state index >= 15 is 0 Å². The van der Waals surface area contributed by atoms with E-state index in [2.05, 4.69) is 19.9 Å². The first-order valence-electron chi connectivity index (χ1n) is 9.13. The number of rotatable bonds is 3. The number of nitrogens with zero attached hydrogens (tertiary/aromatic N) is 1. The number of hydrogen-bond donors (Lipinski definition) is 1. The summed E-state index contributed by atoms with van der Waals surface area (Å²) in [5, 5.41) is 9.63. The molecular formula is C20H24BNO4. The van der Waals surface area contributed by atoms with Gasteiger partial charge >= 0.3 is 7.12 Å². The molecule has 1 N–H and O–H groups in total. The molecule has 2 aliphatic heterocycles. The minimum Gasteiger partial charge on any atom is -0.493 e. The molecule has 1 atom stereocenters. The lowest BCUT2D eigenvalue weighted by Gasteiger charge is -2.34. The van der Waals surface area contributed by atoms with Crippen LogP contribution >= 0.6 is 0 Å². The Bertz CT molecular complexity index is 823. The van der Waals surface area contributed by atoms with E-state index in [1.165, 1.54) is 0 Å². The first-order chi connectivity index (χ1) is 12.5. The molecule has 1 saturated heterocycles. The summed E-state index contributed by atoms with van der Waals surface area (Å²) in [5.41, 5.74) is 3.91. The van der Waals surface area contributed by atoms with E-state index in [0.717, 1.165) is 46.9 Å². The smallest absolute Gasteiger partial charge is 0.454 e. The molecular weight excluding hydrogens is 329 g/mol. The van der Waals surface area contributed by atoms with Crippen LogP contribution in [-0.4, -0.2) is 36.4 Å². The number of benzene rings is 1. The molecule has 0 spiro atoms. The van der Waals surface area contributed by atoms with Gasteiger partial charge in [0, 0.05) is 29.3 Å². The molecule has 0 bridgehead atoms. The summed E-state index contributed by atoms with van der Waals surface area (Å²) >= 11 is 0. The Labute approximate surface area is 154 Å². The van der Waals surface area contributed by atoms with Crippen molar-refractivity contribution in [3.8, 4) is 22.8 Å². The number of fused-ring (bicyclic) bond motifs is 1. The molecule has 4 rings (SSSR count). The van der Waals surface area contributed by atoms with Crippen molar-refractivity contribution in [2.24, 2.45) is 0 Å². The van der Waals surface area contributed by atoms with Crippen molar-refractivity contribution in [3.05, 3.63) is 41.6 Å². The highest BCUT2D eigenvalue weighted by Crippen LogP contribution is 2.44. The van der Waals surface area contributed by atoms with Crippen molar-refractivity contribution >= 4 is 7.12 Å². The second kappa shape index (κ2) is 6.60. The fourth-order valence-corrected chi connectivity index (χ4v) is 3.76. The lowest BCUT2D eigenvalue weighted by molar-refractivity contribution is 0.0806. The molecule has 5 nitrogen and oxygen atoms in total. The average molecular weight is 353 g/mol. The maximum atomic E-state index is 9.63. The fraction of sp³-hybridized carbons (Fsp3) is 0.450. The molecule has 0 saturated carbocycles. The Morgan fingerprint density at radius 2 is 2.12 bits per heavy atom. The predicted molar refractivity (Wildman–Crippen MR) is 101 cm³/mol. The van der Waals surface area contributed by atoms with E-state index < -0.39 is 7.12 Å². The van der Waals surface area contributed by atoms with Crippen LogP contribution in [0.4, 0.5) is 0 Å². The normalized spacial score (nSPS) is 21.2. The Hall–Kier alpha value is -2.05. The second-order valence-corrected chi connectivity index (χ2v) is 7.65. The van der Waals surface area contributed by atoms with Crippen LogP contribution in [0.15, 0.2) is 30.3 Å². The maximum absolute atomic E-state index is 9.63. The van der Waals surface area contributed by atoms with Crippen molar-refractivity contribution in [3.63, 3.8) is 0 Å². The maximum Gasteiger partial charge on any atom is 0.454 e. The van der Waals surface area contributed by atoms with Gasteiger partial charge in [-0.05, 0) is 57.3 Å². The number of ether oxygens (including phenoxy) is 2. The van der Waals surface area contributed by atoms with E-state index in [9.17, 15) is 5.02 Å². The van der Waals surface area contributed by atoms with Crippen LogP contribution in [0.3, 0.4) is 0 Å². The molecule has 1 aromatic carbocycles. The lowest BCUT2D eigenvalue weighted by atomic mass is 9.81. The third-order valence-electron chi connectivity index (χ3n) is 5.24. The van der Waals surface area contributed by atoms with Gasteiger partial charge < -0.3 is 19.2 Å². The lowest BCUT2D eigenvalue weighted by Crippen LogP contribution is -2.33. The third-order valence-corrected chi connectivity index (χ3v) is 5.24. The van der Waals surface area contributed by atoms with Crippen LogP contribution in [0, 0.1) is 0 Å². The van der Waals surface area contributed by atoms with Crippen molar-refractivity contribution in [2.45, 2.75) is 44.5 Å². The van der Waals surface area contributed by atoms with E-state index in [4.69, 9.17) is 19.1 Å². The third kappa shape index (κ3) is 3.19. The topological polar surface area (TPSA) is 60.8 Å². The quantitative estimate of drug-likeness (QED) is 0.857. The summed E-state index contributed by atoms with van der Waals surface area (Å²) in [4.78, 5) is 4.87. The van der Waals surface area contributed by atoms with Crippen LogP contribution in [0.2, 0.25) is 6.32 Å². The second-order valence-electron chi connectivity index (χ2n) is 7.65. The number of methoxy groups -OCH3 is 1. The van der Waals surface area contributed by atoms with Crippen LogP contribution in [0.5, 0.6) is 11.5 Å². The predicted octanol–water partition coefficient (Wildman–Crippen LogP) is 3.46. The molecule has 26 heavy (non-hydrogen) atoms. The van der Waals surface area contributed by atoms with Gasteiger partial charge in [0.15, 0.2) is 11.5 Å². The molecule has 0 aliphatic carbocycles. The summed E-state index contributed by atoms with van der Waals surface area (Å²) in [6.45, 7) is 4.72. The standard InChI is InChI=1S/C20H24BNO4/c1-20(2)10-9-15-14(7-8-18(24-3)19(15)26-20)17-6-4-5-16(22-17)13-11-21(23)25-12-13/h4-8,13,23H,9-12H2,1-3H3. The van der Waals surface area contributed by atoms with E-state index in [1.807, 2.05) is 24.3 Å². The van der Waals surface area contributed by atoms with E-state index in [0.29, 0.717) is 12.9 Å². The molecule has 3 heterocycles. The first-order valence-corrected chi connectivity index (χ1v) is 9.13. The van der Waals surface area contributed by atoms with Gasteiger partial charge in [-0.25, -0.2) is 0 Å². The molecule has 0 amide bonds. The SMILES string of the molecule is COc1ccc(-c2cccc(C3COB(O)C3)n2)c2c1OC(C)(C)CC2. The zero-order valence-corrected chi connectivity index (χ0v) is 15.5. The zero-order valence-electron chi connectivity index (χ0n) is 15.5. The van der Waals surface area contributed by atoms with E-state index in [1.54, 1.807) is 7.11 Å². The van der Waals surface area contributed by atoms with Crippen molar-refractivity contribution in [1.29, 1.82) is 0 Å². The Kier molecular flexibility index (Phi) is 4.41. The number of aromatic nitrogens is 1.